The zero-order valence-corrected chi connectivity index (χ0v) is 16.7. The van der Waals surface area contributed by atoms with Gasteiger partial charge in [-0.05, 0) is 61.5 Å². The van der Waals surface area contributed by atoms with Gasteiger partial charge in [0, 0.05) is 12.6 Å². The standard InChI is InChI=1S/C22H19NO5S/c1-16(24)17-11-13-20(14-12-17)28-22(25)18-7-6-10-21(15-18)29(26,27)23(2)19-8-4-3-5-9-19/h3-15H,1-2H3. The lowest BCUT2D eigenvalue weighted by Gasteiger charge is -2.19. The Morgan fingerprint density at radius 1 is 0.828 bits per heavy atom. The van der Waals surface area contributed by atoms with Crippen molar-refractivity contribution in [3.8, 4) is 5.75 Å². The topological polar surface area (TPSA) is 80.8 Å². The van der Waals surface area contributed by atoms with E-state index < -0.39 is 16.0 Å². The largest absolute Gasteiger partial charge is 0.423 e. The number of benzene rings is 3. The zero-order valence-electron chi connectivity index (χ0n) is 15.9. The SMILES string of the molecule is CC(=O)c1ccc(OC(=O)c2cccc(S(=O)(=O)N(C)c3ccccc3)c2)cc1. The number of carbonyl (C=O) groups is 2. The van der Waals surface area contributed by atoms with Gasteiger partial charge in [0.1, 0.15) is 5.75 Å². The molecule has 3 rings (SSSR count). The van der Waals surface area contributed by atoms with Gasteiger partial charge in [-0.1, -0.05) is 24.3 Å². The van der Waals surface area contributed by atoms with E-state index in [1.165, 1.54) is 50.4 Å². The van der Waals surface area contributed by atoms with Gasteiger partial charge in [-0.2, -0.15) is 0 Å². The highest BCUT2D eigenvalue weighted by molar-refractivity contribution is 7.92. The number of sulfonamides is 1. The molecule has 0 unspecified atom stereocenters. The molecule has 148 valence electrons. The Bertz CT molecular complexity index is 1140. The van der Waals surface area contributed by atoms with Gasteiger partial charge in [-0.3, -0.25) is 9.10 Å². The van der Waals surface area contributed by atoms with Gasteiger partial charge >= 0.3 is 5.97 Å². The Morgan fingerprint density at radius 2 is 1.48 bits per heavy atom. The molecule has 0 spiro atoms. The van der Waals surface area contributed by atoms with Crippen molar-refractivity contribution in [3.05, 3.63) is 90.0 Å². The number of rotatable bonds is 6. The Kier molecular flexibility index (Phi) is 5.79. The molecule has 0 atom stereocenters. The Balaban J connectivity index is 1.83. The van der Waals surface area contributed by atoms with E-state index in [1.807, 2.05) is 0 Å². The van der Waals surface area contributed by atoms with E-state index in [2.05, 4.69) is 0 Å². The van der Waals surface area contributed by atoms with Crippen LogP contribution in [0, 0.1) is 0 Å². The average molecular weight is 409 g/mol. The molecule has 0 amide bonds. The Morgan fingerprint density at radius 3 is 2.10 bits per heavy atom. The highest BCUT2D eigenvalue weighted by Gasteiger charge is 2.22. The van der Waals surface area contributed by atoms with Crippen LogP contribution in [0.5, 0.6) is 5.75 Å². The summed E-state index contributed by atoms with van der Waals surface area (Å²) < 4.78 is 32.3. The van der Waals surface area contributed by atoms with Gasteiger partial charge in [-0.25, -0.2) is 13.2 Å². The van der Waals surface area contributed by atoms with E-state index >= 15 is 0 Å². The van der Waals surface area contributed by atoms with Crippen LogP contribution in [0.2, 0.25) is 0 Å². The maximum Gasteiger partial charge on any atom is 0.343 e. The first kappa shape index (κ1) is 20.3. The van der Waals surface area contributed by atoms with Crippen LogP contribution in [-0.4, -0.2) is 27.2 Å². The molecular weight excluding hydrogens is 390 g/mol. The second kappa shape index (κ2) is 8.28. The second-order valence-electron chi connectivity index (χ2n) is 6.31. The van der Waals surface area contributed by atoms with Crippen LogP contribution in [0.4, 0.5) is 5.69 Å². The van der Waals surface area contributed by atoms with Gasteiger partial charge in [0.05, 0.1) is 16.1 Å². The maximum absolute atomic E-state index is 12.9. The summed E-state index contributed by atoms with van der Waals surface area (Å²) in [6.45, 7) is 1.44. The number of anilines is 1. The predicted octanol–water partition coefficient (Wildman–Crippen LogP) is 3.93. The first-order valence-electron chi connectivity index (χ1n) is 8.76. The van der Waals surface area contributed by atoms with Crippen molar-refractivity contribution >= 4 is 27.5 Å². The smallest absolute Gasteiger partial charge is 0.343 e. The molecule has 7 heteroatoms. The first-order chi connectivity index (χ1) is 13.8. The van der Waals surface area contributed by atoms with Crippen LogP contribution in [0.3, 0.4) is 0 Å². The molecule has 0 aliphatic rings. The molecule has 0 aromatic heterocycles. The molecule has 0 saturated heterocycles. The van der Waals surface area contributed by atoms with Crippen molar-refractivity contribution in [3.63, 3.8) is 0 Å². The molecule has 0 heterocycles. The van der Waals surface area contributed by atoms with E-state index in [4.69, 9.17) is 4.74 Å². The normalized spacial score (nSPS) is 11.0. The van der Waals surface area contributed by atoms with Crippen LogP contribution < -0.4 is 9.04 Å². The van der Waals surface area contributed by atoms with E-state index in [0.29, 0.717) is 11.3 Å². The van der Waals surface area contributed by atoms with Crippen LogP contribution in [0.1, 0.15) is 27.6 Å². The third-order valence-corrected chi connectivity index (χ3v) is 6.10. The second-order valence-corrected chi connectivity index (χ2v) is 8.28. The summed E-state index contributed by atoms with van der Waals surface area (Å²) in [5, 5.41) is 0. The molecule has 29 heavy (non-hydrogen) atoms. The van der Waals surface area contributed by atoms with Crippen molar-refractivity contribution in [1.29, 1.82) is 0 Å². The number of hydrogen-bond acceptors (Lipinski definition) is 5. The van der Waals surface area contributed by atoms with Gasteiger partial charge in [0.2, 0.25) is 0 Å². The van der Waals surface area contributed by atoms with E-state index in [9.17, 15) is 18.0 Å². The van der Waals surface area contributed by atoms with Crippen molar-refractivity contribution in [2.75, 3.05) is 11.4 Å². The van der Waals surface area contributed by atoms with Gasteiger partial charge < -0.3 is 4.74 Å². The predicted molar refractivity (Wildman–Crippen MR) is 110 cm³/mol. The molecule has 0 saturated carbocycles. The number of esters is 1. The molecule has 3 aromatic rings. The number of para-hydroxylation sites is 1. The fourth-order valence-electron chi connectivity index (χ4n) is 2.64. The molecule has 3 aromatic carbocycles. The van der Waals surface area contributed by atoms with Crippen molar-refractivity contribution in [2.24, 2.45) is 0 Å². The summed E-state index contributed by atoms with van der Waals surface area (Å²) in [4.78, 5) is 23.8. The lowest BCUT2D eigenvalue weighted by molar-refractivity contribution is 0.0734. The summed E-state index contributed by atoms with van der Waals surface area (Å²) in [5.74, 6) is -0.530. The third-order valence-electron chi connectivity index (χ3n) is 4.32. The molecule has 0 fully saturated rings. The highest BCUT2D eigenvalue weighted by Crippen LogP contribution is 2.23. The summed E-state index contributed by atoms with van der Waals surface area (Å²) in [6, 6.07) is 20.4. The van der Waals surface area contributed by atoms with E-state index in [-0.39, 0.29) is 22.0 Å². The molecule has 0 aliphatic carbocycles. The van der Waals surface area contributed by atoms with Gasteiger partial charge in [0.25, 0.3) is 10.0 Å². The molecule has 0 N–H and O–H groups in total. The molecule has 6 nitrogen and oxygen atoms in total. The van der Waals surface area contributed by atoms with Crippen LogP contribution in [-0.2, 0) is 10.0 Å². The van der Waals surface area contributed by atoms with E-state index in [0.717, 1.165) is 4.31 Å². The van der Waals surface area contributed by atoms with Crippen LogP contribution in [0.15, 0.2) is 83.8 Å². The monoisotopic (exact) mass is 409 g/mol. The summed E-state index contributed by atoms with van der Waals surface area (Å²) >= 11 is 0. The molecule has 0 aliphatic heterocycles. The quantitative estimate of drug-likeness (QED) is 0.350. The lowest BCUT2D eigenvalue weighted by Crippen LogP contribution is -2.26. The summed E-state index contributed by atoms with van der Waals surface area (Å²) in [7, 11) is -2.40. The Labute approximate surface area is 169 Å². The minimum absolute atomic E-state index is 0.0229. The minimum atomic E-state index is -3.85. The van der Waals surface area contributed by atoms with E-state index in [1.54, 1.807) is 42.5 Å². The highest BCUT2D eigenvalue weighted by atomic mass is 32.2. The zero-order chi connectivity index (χ0) is 21.0. The first-order valence-corrected chi connectivity index (χ1v) is 10.2. The number of hydrogen-bond donors (Lipinski definition) is 0. The average Bonchev–Trinajstić information content (AvgIpc) is 2.74. The van der Waals surface area contributed by atoms with Gasteiger partial charge in [0.15, 0.2) is 5.78 Å². The number of carbonyl (C=O) groups excluding carboxylic acids is 2. The maximum atomic E-state index is 12.9. The van der Waals surface area contributed by atoms with Crippen molar-refractivity contribution < 1.29 is 22.7 Å². The minimum Gasteiger partial charge on any atom is -0.423 e. The van der Waals surface area contributed by atoms with Crippen molar-refractivity contribution in [1.82, 2.24) is 0 Å². The number of ketones is 1. The molecule has 0 bridgehead atoms. The number of ether oxygens (including phenoxy) is 1. The number of nitrogens with zero attached hydrogens (tertiary/aromatic N) is 1. The summed E-state index contributed by atoms with van der Waals surface area (Å²) in [5.41, 5.74) is 1.11. The molecular formula is C22H19NO5S. The molecule has 0 radical (unpaired) electrons. The van der Waals surface area contributed by atoms with Gasteiger partial charge in [-0.15, -0.1) is 0 Å². The fourth-order valence-corrected chi connectivity index (χ4v) is 3.88. The third kappa shape index (κ3) is 4.52. The van der Waals surface area contributed by atoms with Crippen molar-refractivity contribution in [2.45, 2.75) is 11.8 Å². The Hall–Kier alpha value is -3.45. The lowest BCUT2D eigenvalue weighted by atomic mass is 10.1. The van der Waals surface area contributed by atoms with Crippen LogP contribution >= 0.6 is 0 Å². The van der Waals surface area contributed by atoms with Crippen LogP contribution in [0.25, 0.3) is 0 Å². The fraction of sp³-hybridized carbons (Fsp3) is 0.0909. The summed E-state index contributed by atoms with van der Waals surface area (Å²) in [6.07, 6.45) is 0. The number of Topliss-reactive ketones (excluding diaryl/α,β-unsaturated/α-hetero) is 1.